The molecule has 1 atom stereocenters. The van der Waals surface area contributed by atoms with Crippen molar-refractivity contribution in [1.82, 2.24) is 10.6 Å². The topological polar surface area (TPSA) is 41.1 Å². The van der Waals surface area contributed by atoms with E-state index in [4.69, 9.17) is 0 Å². The van der Waals surface area contributed by atoms with Gasteiger partial charge in [-0.25, -0.2) is 0 Å². The monoisotopic (exact) mass is 316 g/mol. The molecule has 1 amide bonds. The Morgan fingerprint density at radius 1 is 1.23 bits per heavy atom. The van der Waals surface area contributed by atoms with Crippen molar-refractivity contribution < 1.29 is 18.0 Å². The van der Waals surface area contributed by atoms with Crippen LogP contribution in [0.1, 0.15) is 31.4 Å². The molecule has 1 aromatic rings. The molecule has 0 radical (unpaired) electrons. The fourth-order valence-electron chi connectivity index (χ4n) is 2.07. The molecule has 124 valence electrons. The summed E-state index contributed by atoms with van der Waals surface area (Å²) in [7, 11) is 0. The van der Waals surface area contributed by atoms with Crippen LogP contribution in [0.25, 0.3) is 0 Å². The van der Waals surface area contributed by atoms with Gasteiger partial charge in [-0.05, 0) is 31.0 Å². The van der Waals surface area contributed by atoms with Crippen LogP contribution >= 0.6 is 0 Å². The van der Waals surface area contributed by atoms with E-state index in [2.05, 4.69) is 17.6 Å². The molecule has 0 fully saturated rings. The van der Waals surface area contributed by atoms with Crippen LogP contribution in [0.3, 0.4) is 0 Å². The molecule has 1 unspecified atom stereocenters. The SMILES string of the molecule is CCCNCCNC(=O)C(C)Cc1cccc(C(F)(F)F)c1. The van der Waals surface area contributed by atoms with E-state index in [0.29, 0.717) is 18.7 Å². The van der Waals surface area contributed by atoms with Gasteiger partial charge in [0.05, 0.1) is 5.56 Å². The summed E-state index contributed by atoms with van der Waals surface area (Å²) < 4.78 is 37.9. The van der Waals surface area contributed by atoms with Gasteiger partial charge in [0, 0.05) is 19.0 Å². The lowest BCUT2D eigenvalue weighted by molar-refractivity contribution is -0.137. The van der Waals surface area contributed by atoms with Crippen LogP contribution in [-0.4, -0.2) is 25.5 Å². The number of amides is 1. The van der Waals surface area contributed by atoms with Crippen molar-refractivity contribution in [2.75, 3.05) is 19.6 Å². The van der Waals surface area contributed by atoms with E-state index in [1.165, 1.54) is 6.07 Å². The maximum atomic E-state index is 12.6. The Bertz CT molecular complexity index is 475. The maximum absolute atomic E-state index is 12.6. The van der Waals surface area contributed by atoms with Crippen molar-refractivity contribution in [3.05, 3.63) is 35.4 Å². The second kappa shape index (κ2) is 8.78. The summed E-state index contributed by atoms with van der Waals surface area (Å²) >= 11 is 0. The van der Waals surface area contributed by atoms with Crippen LogP contribution in [0.15, 0.2) is 24.3 Å². The Balaban J connectivity index is 2.47. The number of carbonyl (C=O) groups is 1. The van der Waals surface area contributed by atoms with Gasteiger partial charge in [0.2, 0.25) is 5.91 Å². The van der Waals surface area contributed by atoms with Crippen molar-refractivity contribution in [2.24, 2.45) is 5.92 Å². The minimum Gasteiger partial charge on any atom is -0.355 e. The lowest BCUT2D eigenvalue weighted by Crippen LogP contribution is -2.35. The van der Waals surface area contributed by atoms with Crippen LogP contribution in [-0.2, 0) is 17.4 Å². The third kappa shape index (κ3) is 6.47. The van der Waals surface area contributed by atoms with Crippen LogP contribution in [0.4, 0.5) is 13.2 Å². The van der Waals surface area contributed by atoms with Crippen molar-refractivity contribution in [3.8, 4) is 0 Å². The largest absolute Gasteiger partial charge is 0.416 e. The molecule has 0 heterocycles. The van der Waals surface area contributed by atoms with Gasteiger partial charge in [-0.1, -0.05) is 32.0 Å². The van der Waals surface area contributed by atoms with Gasteiger partial charge >= 0.3 is 6.18 Å². The number of alkyl halides is 3. The van der Waals surface area contributed by atoms with Gasteiger partial charge in [0.15, 0.2) is 0 Å². The molecule has 0 spiro atoms. The second-order valence-electron chi connectivity index (χ2n) is 5.34. The van der Waals surface area contributed by atoms with E-state index in [1.807, 2.05) is 0 Å². The molecule has 22 heavy (non-hydrogen) atoms. The maximum Gasteiger partial charge on any atom is 0.416 e. The van der Waals surface area contributed by atoms with Crippen LogP contribution in [0.5, 0.6) is 0 Å². The van der Waals surface area contributed by atoms with E-state index >= 15 is 0 Å². The molecule has 1 aromatic carbocycles. The molecule has 1 rings (SSSR count). The average Bonchev–Trinajstić information content (AvgIpc) is 2.46. The van der Waals surface area contributed by atoms with Gasteiger partial charge in [-0.2, -0.15) is 13.2 Å². The standard InChI is InChI=1S/C16H23F3N2O/c1-3-7-20-8-9-21-15(22)12(2)10-13-5-4-6-14(11-13)16(17,18)19/h4-6,11-12,20H,3,7-10H2,1-2H3,(H,21,22). The molecule has 0 aliphatic carbocycles. The zero-order chi connectivity index (χ0) is 16.6. The zero-order valence-electron chi connectivity index (χ0n) is 13.0. The second-order valence-corrected chi connectivity index (χ2v) is 5.34. The quantitative estimate of drug-likeness (QED) is 0.724. The highest BCUT2D eigenvalue weighted by Crippen LogP contribution is 2.29. The predicted octanol–water partition coefficient (Wildman–Crippen LogP) is 3.00. The highest BCUT2D eigenvalue weighted by Gasteiger charge is 2.30. The summed E-state index contributed by atoms with van der Waals surface area (Å²) in [4.78, 5) is 11.9. The number of hydrogen-bond donors (Lipinski definition) is 2. The summed E-state index contributed by atoms with van der Waals surface area (Å²) in [5.41, 5.74) is -0.164. The molecular weight excluding hydrogens is 293 g/mol. The first kappa shape index (κ1) is 18.5. The van der Waals surface area contributed by atoms with E-state index in [-0.39, 0.29) is 18.2 Å². The molecule has 0 saturated heterocycles. The summed E-state index contributed by atoms with van der Waals surface area (Å²) in [6.45, 7) is 5.88. The Labute approximate surface area is 129 Å². The number of rotatable bonds is 8. The van der Waals surface area contributed by atoms with Gasteiger partial charge in [-0.15, -0.1) is 0 Å². The predicted molar refractivity (Wildman–Crippen MR) is 80.5 cm³/mol. The smallest absolute Gasteiger partial charge is 0.355 e. The van der Waals surface area contributed by atoms with Gasteiger partial charge in [0.1, 0.15) is 0 Å². The van der Waals surface area contributed by atoms with E-state index < -0.39 is 11.7 Å². The van der Waals surface area contributed by atoms with Crippen LogP contribution < -0.4 is 10.6 Å². The molecule has 0 aliphatic rings. The Morgan fingerprint density at radius 3 is 2.59 bits per heavy atom. The number of nitrogens with one attached hydrogen (secondary N) is 2. The summed E-state index contributed by atoms with van der Waals surface area (Å²) in [5, 5.41) is 5.95. The summed E-state index contributed by atoms with van der Waals surface area (Å²) in [5.74, 6) is -0.509. The van der Waals surface area contributed by atoms with Crippen molar-refractivity contribution in [2.45, 2.75) is 32.9 Å². The average molecular weight is 316 g/mol. The summed E-state index contributed by atoms with van der Waals surface area (Å²) in [6.07, 6.45) is -3.04. The van der Waals surface area contributed by atoms with E-state index in [9.17, 15) is 18.0 Å². The lowest BCUT2D eigenvalue weighted by atomic mass is 9.98. The highest BCUT2D eigenvalue weighted by atomic mass is 19.4. The Hall–Kier alpha value is -1.56. The number of benzene rings is 1. The van der Waals surface area contributed by atoms with Crippen LogP contribution in [0.2, 0.25) is 0 Å². The van der Waals surface area contributed by atoms with Gasteiger partial charge in [-0.3, -0.25) is 4.79 Å². The fraction of sp³-hybridized carbons (Fsp3) is 0.562. The summed E-state index contributed by atoms with van der Waals surface area (Å²) in [6, 6.07) is 5.12. The molecule has 0 bridgehead atoms. The highest BCUT2D eigenvalue weighted by molar-refractivity contribution is 5.78. The van der Waals surface area contributed by atoms with E-state index in [1.54, 1.807) is 13.0 Å². The third-order valence-electron chi connectivity index (χ3n) is 3.27. The Kier molecular flexibility index (Phi) is 7.38. The van der Waals surface area contributed by atoms with Gasteiger partial charge in [0.25, 0.3) is 0 Å². The van der Waals surface area contributed by atoms with Crippen molar-refractivity contribution >= 4 is 5.91 Å². The van der Waals surface area contributed by atoms with Crippen LogP contribution in [0, 0.1) is 5.92 Å². The minimum atomic E-state index is -4.35. The first-order valence-electron chi connectivity index (χ1n) is 7.49. The number of halogens is 3. The van der Waals surface area contributed by atoms with Crippen molar-refractivity contribution in [3.63, 3.8) is 0 Å². The number of carbonyl (C=O) groups excluding carboxylic acids is 1. The molecule has 6 heteroatoms. The number of hydrogen-bond acceptors (Lipinski definition) is 2. The zero-order valence-corrected chi connectivity index (χ0v) is 13.0. The molecule has 0 aromatic heterocycles. The van der Waals surface area contributed by atoms with Crippen molar-refractivity contribution in [1.29, 1.82) is 0 Å². The third-order valence-corrected chi connectivity index (χ3v) is 3.27. The van der Waals surface area contributed by atoms with Gasteiger partial charge < -0.3 is 10.6 Å². The first-order chi connectivity index (χ1) is 10.3. The molecular formula is C16H23F3N2O. The van der Waals surface area contributed by atoms with E-state index in [0.717, 1.165) is 25.1 Å². The normalized spacial score (nSPS) is 13.0. The lowest BCUT2D eigenvalue weighted by Gasteiger charge is -2.14. The molecule has 0 aliphatic heterocycles. The first-order valence-corrected chi connectivity index (χ1v) is 7.49. The molecule has 2 N–H and O–H groups in total. The minimum absolute atomic E-state index is 0.143. The Morgan fingerprint density at radius 2 is 1.95 bits per heavy atom. The fourth-order valence-corrected chi connectivity index (χ4v) is 2.07. The molecule has 3 nitrogen and oxygen atoms in total. The molecule has 0 saturated carbocycles.